The Labute approximate surface area is 140 Å². The third-order valence-corrected chi connectivity index (χ3v) is 3.11. The number of carbonyl (C=O) groups excluding carboxylic acids is 2. The van der Waals surface area contributed by atoms with Crippen molar-refractivity contribution >= 4 is 30.0 Å². The number of hydrogen-bond acceptors (Lipinski definition) is 4. The minimum Gasteiger partial charge on any atom is -0.370 e. The quantitative estimate of drug-likeness (QED) is 0.689. The molecule has 0 spiro atoms. The minimum atomic E-state index is -0.654. The number of carbonyl (C=O) groups is 2. The fraction of sp³-hybridized carbons (Fsp3) is 0.267. The van der Waals surface area contributed by atoms with E-state index in [4.69, 9.17) is 11.5 Å². The van der Waals surface area contributed by atoms with Gasteiger partial charge in [0.15, 0.2) is 5.82 Å². The lowest BCUT2D eigenvalue weighted by molar-refractivity contribution is -0.118. The highest BCUT2D eigenvalue weighted by molar-refractivity contribution is 5.94. The smallest absolute Gasteiger partial charge is 0.242 e. The second kappa shape index (κ2) is 8.92. The van der Waals surface area contributed by atoms with E-state index in [-0.39, 0.29) is 24.7 Å². The zero-order chi connectivity index (χ0) is 15.9. The van der Waals surface area contributed by atoms with Crippen LogP contribution in [0.1, 0.15) is 12.0 Å². The van der Waals surface area contributed by atoms with E-state index >= 15 is 0 Å². The van der Waals surface area contributed by atoms with Crippen molar-refractivity contribution in [1.29, 1.82) is 0 Å². The first-order chi connectivity index (χ1) is 10.5. The maximum Gasteiger partial charge on any atom is 0.242 e. The third kappa shape index (κ3) is 6.09. The van der Waals surface area contributed by atoms with E-state index in [2.05, 4.69) is 10.4 Å². The van der Waals surface area contributed by atoms with Crippen LogP contribution >= 0.6 is 12.4 Å². The SMILES string of the molecule is Cl.NC(=O)CCn1ccc(NC(=O)[C@@H](N)Cc2ccccc2)n1. The summed E-state index contributed by atoms with van der Waals surface area (Å²) < 4.78 is 1.54. The number of nitrogens with zero attached hydrogens (tertiary/aromatic N) is 2. The predicted molar refractivity (Wildman–Crippen MR) is 90.0 cm³/mol. The molecule has 23 heavy (non-hydrogen) atoms. The molecule has 5 N–H and O–H groups in total. The Morgan fingerprint density at radius 3 is 2.57 bits per heavy atom. The molecule has 0 bridgehead atoms. The molecule has 124 valence electrons. The van der Waals surface area contributed by atoms with Crippen LogP contribution in [0, 0.1) is 0 Å². The molecule has 8 heteroatoms. The zero-order valence-electron chi connectivity index (χ0n) is 12.5. The van der Waals surface area contributed by atoms with Crippen LogP contribution in [0.4, 0.5) is 5.82 Å². The number of rotatable bonds is 7. The summed E-state index contributed by atoms with van der Waals surface area (Å²) in [6, 6.07) is 10.6. The summed E-state index contributed by atoms with van der Waals surface area (Å²) in [5.41, 5.74) is 12.0. The van der Waals surface area contributed by atoms with Gasteiger partial charge in [0.25, 0.3) is 0 Å². The van der Waals surface area contributed by atoms with Crippen molar-refractivity contribution in [2.45, 2.75) is 25.4 Å². The van der Waals surface area contributed by atoms with Gasteiger partial charge >= 0.3 is 0 Å². The molecule has 0 aliphatic heterocycles. The van der Waals surface area contributed by atoms with Crippen LogP contribution in [-0.2, 0) is 22.6 Å². The third-order valence-electron chi connectivity index (χ3n) is 3.11. The maximum absolute atomic E-state index is 12.0. The van der Waals surface area contributed by atoms with E-state index in [1.807, 2.05) is 30.3 Å². The molecule has 0 radical (unpaired) electrons. The first-order valence-electron chi connectivity index (χ1n) is 6.97. The van der Waals surface area contributed by atoms with Gasteiger partial charge in [-0.2, -0.15) is 5.10 Å². The lowest BCUT2D eigenvalue weighted by Gasteiger charge is -2.10. The molecule has 0 unspecified atom stereocenters. The highest BCUT2D eigenvalue weighted by atomic mass is 35.5. The Balaban J connectivity index is 0.00000264. The molecule has 0 aliphatic carbocycles. The summed E-state index contributed by atoms with van der Waals surface area (Å²) in [7, 11) is 0. The Bertz CT molecular complexity index is 644. The highest BCUT2D eigenvalue weighted by Crippen LogP contribution is 2.06. The summed E-state index contributed by atoms with van der Waals surface area (Å²) in [4.78, 5) is 22.7. The van der Waals surface area contributed by atoms with Crippen LogP contribution in [-0.4, -0.2) is 27.6 Å². The van der Waals surface area contributed by atoms with Crippen molar-refractivity contribution in [3.63, 3.8) is 0 Å². The number of nitrogens with two attached hydrogens (primary N) is 2. The van der Waals surface area contributed by atoms with Crippen molar-refractivity contribution in [2.75, 3.05) is 5.32 Å². The van der Waals surface area contributed by atoms with E-state index in [1.54, 1.807) is 16.9 Å². The summed E-state index contributed by atoms with van der Waals surface area (Å²) >= 11 is 0. The number of benzene rings is 1. The lowest BCUT2D eigenvalue weighted by atomic mass is 10.1. The zero-order valence-corrected chi connectivity index (χ0v) is 13.3. The van der Waals surface area contributed by atoms with E-state index in [1.165, 1.54) is 0 Å². The molecular weight excluding hydrogens is 318 g/mol. The van der Waals surface area contributed by atoms with Crippen LogP contribution in [0.25, 0.3) is 0 Å². The van der Waals surface area contributed by atoms with Crippen molar-refractivity contribution < 1.29 is 9.59 Å². The monoisotopic (exact) mass is 337 g/mol. The van der Waals surface area contributed by atoms with Crippen LogP contribution < -0.4 is 16.8 Å². The molecule has 1 aromatic carbocycles. The molecule has 2 amide bonds. The highest BCUT2D eigenvalue weighted by Gasteiger charge is 2.15. The van der Waals surface area contributed by atoms with Crippen LogP contribution in [0.5, 0.6) is 0 Å². The second-order valence-electron chi connectivity index (χ2n) is 4.97. The average Bonchev–Trinajstić information content (AvgIpc) is 2.93. The standard InChI is InChI=1S/C15H19N5O2.ClH/c16-12(10-11-4-2-1-3-5-11)15(22)18-14-7-9-20(19-14)8-6-13(17)21;/h1-5,7,9,12H,6,8,10,16H2,(H2,17,21)(H,18,19,22);1H/t12-;/m0./s1. The van der Waals surface area contributed by atoms with Crippen LogP contribution in [0.2, 0.25) is 0 Å². The van der Waals surface area contributed by atoms with Gasteiger partial charge in [-0.05, 0) is 12.0 Å². The molecule has 0 saturated carbocycles. The Morgan fingerprint density at radius 2 is 1.91 bits per heavy atom. The lowest BCUT2D eigenvalue weighted by Crippen LogP contribution is -2.37. The van der Waals surface area contributed by atoms with Gasteiger partial charge in [0, 0.05) is 25.2 Å². The van der Waals surface area contributed by atoms with Gasteiger partial charge in [-0.1, -0.05) is 30.3 Å². The Hall–Kier alpha value is -2.38. The fourth-order valence-electron chi connectivity index (χ4n) is 1.96. The number of nitrogens with one attached hydrogen (secondary N) is 1. The van der Waals surface area contributed by atoms with Crippen molar-refractivity contribution in [1.82, 2.24) is 9.78 Å². The molecule has 1 aromatic heterocycles. The van der Waals surface area contributed by atoms with Gasteiger partial charge in [-0.3, -0.25) is 14.3 Å². The number of primary amides is 1. The second-order valence-corrected chi connectivity index (χ2v) is 4.97. The van der Waals surface area contributed by atoms with Gasteiger partial charge in [-0.25, -0.2) is 0 Å². The maximum atomic E-state index is 12.0. The number of amides is 2. The van der Waals surface area contributed by atoms with Gasteiger partial charge in [0.2, 0.25) is 11.8 Å². The van der Waals surface area contributed by atoms with E-state index < -0.39 is 11.9 Å². The topological polar surface area (TPSA) is 116 Å². The largest absolute Gasteiger partial charge is 0.370 e. The molecule has 1 atom stereocenters. The number of aromatic nitrogens is 2. The fourth-order valence-corrected chi connectivity index (χ4v) is 1.96. The van der Waals surface area contributed by atoms with E-state index in [0.29, 0.717) is 18.8 Å². The Kier molecular flexibility index (Phi) is 7.24. The van der Waals surface area contributed by atoms with Crippen LogP contribution in [0.15, 0.2) is 42.6 Å². The van der Waals surface area contributed by atoms with Crippen LogP contribution in [0.3, 0.4) is 0 Å². The summed E-state index contributed by atoms with van der Waals surface area (Å²) in [5, 5.41) is 6.79. The first-order valence-corrected chi connectivity index (χ1v) is 6.97. The Morgan fingerprint density at radius 1 is 1.22 bits per heavy atom. The molecule has 7 nitrogen and oxygen atoms in total. The van der Waals surface area contributed by atoms with Gasteiger partial charge < -0.3 is 16.8 Å². The van der Waals surface area contributed by atoms with Crippen molar-refractivity contribution in [2.24, 2.45) is 11.5 Å². The summed E-state index contributed by atoms with van der Waals surface area (Å²) in [6.07, 6.45) is 2.32. The molecule has 0 saturated heterocycles. The van der Waals surface area contributed by atoms with Gasteiger partial charge in [0.05, 0.1) is 6.04 Å². The first kappa shape index (κ1) is 18.7. The molecule has 0 fully saturated rings. The molecule has 2 aromatic rings. The predicted octanol–water partition coefficient (Wildman–Crippen LogP) is 0.689. The molecular formula is C15H20ClN5O2. The van der Waals surface area contributed by atoms with Gasteiger partial charge in [0.1, 0.15) is 0 Å². The van der Waals surface area contributed by atoms with Crippen molar-refractivity contribution in [3.05, 3.63) is 48.2 Å². The minimum absolute atomic E-state index is 0. The number of halogens is 1. The van der Waals surface area contributed by atoms with E-state index in [9.17, 15) is 9.59 Å². The van der Waals surface area contributed by atoms with Gasteiger partial charge in [-0.15, -0.1) is 12.4 Å². The average molecular weight is 338 g/mol. The molecule has 1 heterocycles. The molecule has 0 aliphatic rings. The molecule has 2 rings (SSSR count). The van der Waals surface area contributed by atoms with E-state index in [0.717, 1.165) is 5.56 Å². The summed E-state index contributed by atoms with van der Waals surface area (Å²) in [5.74, 6) is -0.298. The normalized spacial score (nSPS) is 11.3. The number of aryl methyl sites for hydroxylation is 1. The number of anilines is 1. The number of hydrogen-bond donors (Lipinski definition) is 3. The van der Waals surface area contributed by atoms with Crippen molar-refractivity contribution in [3.8, 4) is 0 Å². The summed E-state index contributed by atoms with van der Waals surface area (Å²) in [6.45, 7) is 0.376.